The number of amides is 1. The number of carbonyl (C=O) groups is 1. The molecule has 2 heterocycles. The van der Waals surface area contributed by atoms with Gasteiger partial charge in [0, 0.05) is 18.5 Å². The molecule has 4 heteroatoms. The first-order chi connectivity index (χ1) is 11.7. The number of hydrogen-bond acceptors (Lipinski definition) is 3. The van der Waals surface area contributed by atoms with E-state index in [0.717, 1.165) is 36.1 Å². The second-order valence-corrected chi connectivity index (χ2v) is 7.92. The van der Waals surface area contributed by atoms with Crippen LogP contribution in [0.25, 0.3) is 0 Å². The number of piperidine rings is 1. The van der Waals surface area contributed by atoms with Crippen LogP contribution in [0.15, 0.2) is 47.8 Å². The van der Waals surface area contributed by atoms with Gasteiger partial charge in [0.15, 0.2) is 0 Å². The van der Waals surface area contributed by atoms with Crippen LogP contribution in [0.3, 0.4) is 0 Å². The van der Waals surface area contributed by atoms with Gasteiger partial charge in [-0.25, -0.2) is 0 Å². The predicted octanol–water partition coefficient (Wildman–Crippen LogP) is 4.04. The van der Waals surface area contributed by atoms with Crippen molar-refractivity contribution >= 4 is 17.2 Å². The minimum atomic E-state index is -0.807. The highest BCUT2D eigenvalue weighted by Gasteiger charge is 2.50. The van der Waals surface area contributed by atoms with Crippen molar-refractivity contribution in [3.8, 4) is 0 Å². The summed E-state index contributed by atoms with van der Waals surface area (Å²) < 4.78 is 0. The summed E-state index contributed by atoms with van der Waals surface area (Å²) in [5.41, 5.74) is 0.198. The Hall–Kier alpha value is -1.65. The Morgan fingerprint density at radius 3 is 2.67 bits per heavy atom. The molecule has 1 saturated heterocycles. The summed E-state index contributed by atoms with van der Waals surface area (Å²) >= 11 is 1.51. The summed E-state index contributed by atoms with van der Waals surface area (Å²) in [5.74, 6) is 0.267. The van der Waals surface area contributed by atoms with Gasteiger partial charge in [0.05, 0.1) is 10.5 Å². The molecule has 3 nitrogen and oxygen atoms in total. The summed E-state index contributed by atoms with van der Waals surface area (Å²) in [4.78, 5) is 15.8. The average molecular weight is 341 g/mol. The van der Waals surface area contributed by atoms with Crippen LogP contribution in [0.1, 0.15) is 47.3 Å². The molecule has 0 radical (unpaired) electrons. The molecule has 1 unspecified atom stereocenters. The molecule has 1 aliphatic heterocycles. The molecule has 0 bridgehead atoms. The summed E-state index contributed by atoms with van der Waals surface area (Å²) in [6.45, 7) is 0.628. The van der Waals surface area contributed by atoms with Gasteiger partial charge in [-0.05, 0) is 36.3 Å². The average Bonchev–Trinajstić information content (AvgIpc) is 3.17. The van der Waals surface area contributed by atoms with E-state index < -0.39 is 5.60 Å². The number of hydrogen-bond donors (Lipinski definition) is 1. The standard InChI is InChI=1S/C20H23NO2S/c22-19(18-11-6-14-24-18)21-13-12-20(23,15-7-2-1-3-8-15)16-9-4-5-10-17(16)21/h1-3,6-8,11,14,16-17,23H,4-5,9-10,12-13H2/t16-,17?,20-/m1/s1. The highest BCUT2D eigenvalue weighted by molar-refractivity contribution is 7.12. The number of thiophene rings is 1. The first kappa shape index (κ1) is 15.9. The Bertz CT molecular complexity index is 700. The van der Waals surface area contributed by atoms with Gasteiger partial charge in [-0.2, -0.15) is 0 Å². The highest BCUT2D eigenvalue weighted by Crippen LogP contribution is 2.47. The molecular formula is C20H23NO2S. The smallest absolute Gasteiger partial charge is 0.264 e. The quantitative estimate of drug-likeness (QED) is 0.895. The van der Waals surface area contributed by atoms with Crippen LogP contribution in [0, 0.1) is 5.92 Å². The fourth-order valence-corrected chi connectivity index (χ4v) is 5.24. The van der Waals surface area contributed by atoms with E-state index in [9.17, 15) is 9.90 Å². The van der Waals surface area contributed by atoms with Crippen molar-refractivity contribution in [3.63, 3.8) is 0 Å². The Labute approximate surface area is 146 Å². The molecule has 1 amide bonds. The minimum Gasteiger partial charge on any atom is -0.385 e. The van der Waals surface area contributed by atoms with Gasteiger partial charge in [-0.1, -0.05) is 49.2 Å². The van der Waals surface area contributed by atoms with E-state index in [2.05, 4.69) is 0 Å². The maximum absolute atomic E-state index is 12.9. The van der Waals surface area contributed by atoms with E-state index in [1.165, 1.54) is 11.3 Å². The lowest BCUT2D eigenvalue weighted by atomic mass is 9.66. The van der Waals surface area contributed by atoms with Gasteiger partial charge in [-0.15, -0.1) is 11.3 Å². The van der Waals surface area contributed by atoms with Crippen molar-refractivity contribution in [2.45, 2.75) is 43.7 Å². The van der Waals surface area contributed by atoms with E-state index >= 15 is 0 Å². The predicted molar refractivity (Wildman–Crippen MR) is 96.1 cm³/mol. The summed E-state index contributed by atoms with van der Waals surface area (Å²) in [5, 5.41) is 13.5. The first-order valence-electron chi connectivity index (χ1n) is 8.82. The molecular weight excluding hydrogens is 318 g/mol. The van der Waals surface area contributed by atoms with E-state index in [1.807, 2.05) is 52.7 Å². The molecule has 2 fully saturated rings. The second kappa shape index (κ2) is 6.34. The topological polar surface area (TPSA) is 40.5 Å². The van der Waals surface area contributed by atoms with Gasteiger partial charge in [0.2, 0.25) is 0 Å². The molecule has 3 atom stereocenters. The van der Waals surface area contributed by atoms with E-state index in [4.69, 9.17) is 0 Å². The molecule has 1 aliphatic carbocycles. The molecule has 1 saturated carbocycles. The Morgan fingerprint density at radius 2 is 1.92 bits per heavy atom. The molecule has 24 heavy (non-hydrogen) atoms. The van der Waals surface area contributed by atoms with E-state index in [1.54, 1.807) is 0 Å². The number of aliphatic hydroxyl groups is 1. The van der Waals surface area contributed by atoms with Crippen LogP contribution in [-0.2, 0) is 5.60 Å². The van der Waals surface area contributed by atoms with Gasteiger partial charge in [0.1, 0.15) is 0 Å². The van der Waals surface area contributed by atoms with Gasteiger partial charge < -0.3 is 10.0 Å². The fraction of sp³-hybridized carbons (Fsp3) is 0.450. The van der Waals surface area contributed by atoms with Crippen LogP contribution in [0.4, 0.5) is 0 Å². The lowest BCUT2D eigenvalue weighted by Gasteiger charge is -2.52. The van der Waals surface area contributed by atoms with Gasteiger partial charge >= 0.3 is 0 Å². The lowest BCUT2D eigenvalue weighted by Crippen LogP contribution is -2.58. The number of benzene rings is 1. The van der Waals surface area contributed by atoms with Crippen LogP contribution >= 0.6 is 11.3 Å². The van der Waals surface area contributed by atoms with Gasteiger partial charge in [-0.3, -0.25) is 4.79 Å². The van der Waals surface area contributed by atoms with E-state index in [-0.39, 0.29) is 17.9 Å². The number of fused-ring (bicyclic) bond motifs is 1. The first-order valence-corrected chi connectivity index (χ1v) is 9.70. The van der Waals surface area contributed by atoms with Crippen molar-refractivity contribution in [1.29, 1.82) is 0 Å². The third kappa shape index (κ3) is 2.58. The third-order valence-electron chi connectivity index (χ3n) is 5.74. The Kier molecular flexibility index (Phi) is 4.19. The molecule has 2 aromatic rings. The monoisotopic (exact) mass is 341 g/mol. The fourth-order valence-electron chi connectivity index (χ4n) is 4.56. The molecule has 1 aromatic heterocycles. The van der Waals surface area contributed by atoms with E-state index in [0.29, 0.717) is 13.0 Å². The molecule has 1 N–H and O–H groups in total. The van der Waals surface area contributed by atoms with Crippen molar-refractivity contribution in [2.75, 3.05) is 6.54 Å². The highest BCUT2D eigenvalue weighted by atomic mass is 32.1. The lowest BCUT2D eigenvalue weighted by molar-refractivity contribution is -0.110. The SMILES string of the molecule is O=C(c1cccs1)N1CC[C@@](O)(c2ccccc2)[C@@H]2CCCCC21. The van der Waals surface area contributed by atoms with Crippen molar-refractivity contribution in [3.05, 3.63) is 58.3 Å². The number of likely N-dealkylation sites (tertiary alicyclic amines) is 1. The molecule has 4 rings (SSSR count). The van der Waals surface area contributed by atoms with Crippen molar-refractivity contribution < 1.29 is 9.90 Å². The van der Waals surface area contributed by atoms with Crippen LogP contribution in [0.2, 0.25) is 0 Å². The zero-order chi connectivity index (χ0) is 16.6. The molecule has 2 aliphatic rings. The summed E-state index contributed by atoms with van der Waals surface area (Å²) in [6, 6.07) is 14.0. The second-order valence-electron chi connectivity index (χ2n) is 6.97. The zero-order valence-corrected chi connectivity index (χ0v) is 14.5. The third-order valence-corrected chi connectivity index (χ3v) is 6.60. The Balaban J connectivity index is 1.66. The summed E-state index contributed by atoms with van der Waals surface area (Å²) in [7, 11) is 0. The maximum atomic E-state index is 12.9. The molecule has 126 valence electrons. The van der Waals surface area contributed by atoms with Gasteiger partial charge in [0.25, 0.3) is 5.91 Å². The van der Waals surface area contributed by atoms with Crippen molar-refractivity contribution in [1.82, 2.24) is 4.90 Å². The minimum absolute atomic E-state index is 0.131. The zero-order valence-electron chi connectivity index (χ0n) is 13.7. The van der Waals surface area contributed by atoms with Crippen LogP contribution in [0.5, 0.6) is 0 Å². The summed E-state index contributed by atoms with van der Waals surface area (Å²) in [6.07, 6.45) is 4.88. The Morgan fingerprint density at radius 1 is 1.12 bits per heavy atom. The normalized spacial score (nSPS) is 30.0. The van der Waals surface area contributed by atoms with Crippen molar-refractivity contribution in [2.24, 2.45) is 5.92 Å². The number of rotatable bonds is 2. The van der Waals surface area contributed by atoms with Crippen LogP contribution in [-0.4, -0.2) is 28.5 Å². The molecule has 1 aromatic carbocycles. The largest absolute Gasteiger partial charge is 0.385 e. The number of carbonyl (C=O) groups excluding carboxylic acids is 1. The maximum Gasteiger partial charge on any atom is 0.264 e. The number of nitrogens with zero attached hydrogens (tertiary/aromatic N) is 1. The van der Waals surface area contributed by atoms with Crippen LogP contribution < -0.4 is 0 Å². The molecule has 0 spiro atoms.